The molecule has 6 heteroatoms. The van der Waals surface area contributed by atoms with Crippen molar-refractivity contribution in [2.75, 3.05) is 11.9 Å². The van der Waals surface area contributed by atoms with E-state index in [1.165, 1.54) is 5.56 Å². The number of carbonyl (C=O) groups is 2. The zero-order valence-electron chi connectivity index (χ0n) is 19.4. The summed E-state index contributed by atoms with van der Waals surface area (Å²) in [5, 5.41) is 3.01. The quantitative estimate of drug-likeness (QED) is 0.472. The number of amides is 2. The van der Waals surface area contributed by atoms with Crippen LogP contribution in [0, 0.1) is 27.7 Å². The zero-order chi connectivity index (χ0) is 23.3. The number of urea groups is 1. The highest BCUT2D eigenvalue weighted by molar-refractivity contribution is 5.91. The van der Waals surface area contributed by atoms with Crippen molar-refractivity contribution in [1.82, 2.24) is 9.88 Å². The lowest BCUT2D eigenvalue weighted by Crippen LogP contribution is -2.34. The molecule has 0 aliphatic carbocycles. The van der Waals surface area contributed by atoms with Crippen molar-refractivity contribution in [2.45, 2.75) is 47.7 Å². The van der Waals surface area contributed by atoms with E-state index in [1.807, 2.05) is 76.2 Å². The van der Waals surface area contributed by atoms with Gasteiger partial charge in [0.1, 0.15) is 5.69 Å². The van der Waals surface area contributed by atoms with Crippen molar-refractivity contribution in [3.05, 3.63) is 87.7 Å². The lowest BCUT2D eigenvalue weighted by Gasteiger charge is -2.24. The van der Waals surface area contributed by atoms with Gasteiger partial charge in [0.25, 0.3) is 0 Å². The lowest BCUT2D eigenvalue weighted by atomic mass is 10.1. The normalized spacial score (nSPS) is 10.7. The van der Waals surface area contributed by atoms with Gasteiger partial charge in [-0.05, 0) is 69.0 Å². The summed E-state index contributed by atoms with van der Waals surface area (Å²) in [6.45, 7) is 10.7. The molecule has 0 unspecified atom stereocenters. The van der Waals surface area contributed by atoms with Crippen LogP contribution < -0.4 is 5.32 Å². The molecule has 0 atom stereocenters. The van der Waals surface area contributed by atoms with E-state index < -0.39 is 0 Å². The first-order valence-electron chi connectivity index (χ1n) is 10.8. The summed E-state index contributed by atoms with van der Waals surface area (Å²) < 4.78 is 5.16. The Balaban J connectivity index is 1.89. The highest BCUT2D eigenvalue weighted by atomic mass is 16.5. The number of hydrogen-bond acceptors (Lipinski definition) is 3. The van der Waals surface area contributed by atoms with Crippen LogP contribution >= 0.6 is 0 Å². The van der Waals surface area contributed by atoms with Gasteiger partial charge in [0.05, 0.1) is 6.61 Å². The smallest absolute Gasteiger partial charge is 0.355 e. The molecule has 0 fully saturated rings. The van der Waals surface area contributed by atoms with Crippen LogP contribution in [0.1, 0.15) is 50.9 Å². The second kappa shape index (κ2) is 10.2. The molecule has 3 rings (SSSR count). The fourth-order valence-electron chi connectivity index (χ4n) is 3.66. The topological polar surface area (TPSA) is 74.4 Å². The number of aromatic amines is 1. The molecule has 3 aromatic rings. The molecule has 0 radical (unpaired) electrons. The Bertz CT molecular complexity index is 1100. The maximum atomic E-state index is 13.3. The van der Waals surface area contributed by atoms with Gasteiger partial charge < -0.3 is 19.9 Å². The van der Waals surface area contributed by atoms with Gasteiger partial charge in [-0.3, -0.25) is 0 Å². The van der Waals surface area contributed by atoms with Gasteiger partial charge >= 0.3 is 12.0 Å². The molecular weight excluding hydrogens is 402 g/mol. The first-order chi connectivity index (χ1) is 15.3. The van der Waals surface area contributed by atoms with Crippen LogP contribution in [0.4, 0.5) is 10.5 Å². The number of nitrogens with one attached hydrogen (secondary N) is 2. The number of benzene rings is 2. The summed E-state index contributed by atoms with van der Waals surface area (Å²) in [6.07, 6.45) is 0. The number of nitrogens with zero attached hydrogens (tertiary/aromatic N) is 1. The summed E-state index contributed by atoms with van der Waals surface area (Å²) in [5.41, 5.74) is 7.03. The van der Waals surface area contributed by atoms with E-state index in [-0.39, 0.29) is 12.0 Å². The van der Waals surface area contributed by atoms with E-state index in [1.54, 1.807) is 11.8 Å². The van der Waals surface area contributed by atoms with Crippen molar-refractivity contribution < 1.29 is 14.3 Å². The zero-order valence-corrected chi connectivity index (χ0v) is 19.4. The molecule has 1 aromatic heterocycles. The van der Waals surface area contributed by atoms with Crippen LogP contribution in [-0.4, -0.2) is 28.5 Å². The summed E-state index contributed by atoms with van der Waals surface area (Å²) >= 11 is 0. The molecule has 1 heterocycles. The van der Waals surface area contributed by atoms with E-state index in [4.69, 9.17) is 4.74 Å². The predicted molar refractivity (Wildman–Crippen MR) is 127 cm³/mol. The minimum atomic E-state index is -0.381. The Kier molecular flexibility index (Phi) is 7.36. The predicted octanol–water partition coefficient (Wildman–Crippen LogP) is 5.66. The molecule has 2 aromatic carbocycles. The number of rotatable bonds is 7. The van der Waals surface area contributed by atoms with Crippen molar-refractivity contribution in [3.63, 3.8) is 0 Å². The number of carbonyl (C=O) groups excluding carboxylic acids is 2. The molecule has 0 saturated carbocycles. The van der Waals surface area contributed by atoms with Crippen molar-refractivity contribution >= 4 is 17.7 Å². The SMILES string of the molecule is CCOC(=O)c1[nH]c(C)c(CN(Cc2ccc(C)cc2)C(=O)Nc2cccc(C)c2)c1C. The number of anilines is 1. The van der Waals surface area contributed by atoms with Crippen LogP contribution in [0.3, 0.4) is 0 Å². The second-order valence-corrected chi connectivity index (χ2v) is 8.09. The van der Waals surface area contributed by atoms with Crippen molar-refractivity contribution in [2.24, 2.45) is 0 Å². The maximum Gasteiger partial charge on any atom is 0.355 e. The molecule has 32 heavy (non-hydrogen) atoms. The highest BCUT2D eigenvalue weighted by Crippen LogP contribution is 2.23. The van der Waals surface area contributed by atoms with Crippen molar-refractivity contribution in [3.8, 4) is 0 Å². The van der Waals surface area contributed by atoms with Crippen LogP contribution in [0.25, 0.3) is 0 Å². The molecule has 6 nitrogen and oxygen atoms in total. The van der Waals surface area contributed by atoms with E-state index in [9.17, 15) is 9.59 Å². The first-order valence-corrected chi connectivity index (χ1v) is 10.8. The molecule has 0 aliphatic heterocycles. The van der Waals surface area contributed by atoms with Crippen LogP contribution in [0.2, 0.25) is 0 Å². The summed E-state index contributed by atoms with van der Waals surface area (Å²) in [4.78, 5) is 30.5. The minimum absolute atomic E-state index is 0.200. The summed E-state index contributed by atoms with van der Waals surface area (Å²) in [5.74, 6) is -0.381. The molecule has 0 saturated heterocycles. The Morgan fingerprint density at radius 1 is 0.969 bits per heavy atom. The minimum Gasteiger partial charge on any atom is -0.461 e. The van der Waals surface area contributed by atoms with Crippen molar-refractivity contribution in [1.29, 1.82) is 0 Å². The Labute approximate surface area is 189 Å². The van der Waals surface area contributed by atoms with E-state index in [0.717, 1.165) is 33.6 Å². The largest absolute Gasteiger partial charge is 0.461 e. The summed E-state index contributed by atoms with van der Waals surface area (Å²) in [6, 6.07) is 15.7. The van der Waals surface area contributed by atoms with Gasteiger partial charge in [-0.15, -0.1) is 0 Å². The molecule has 168 valence electrons. The fraction of sp³-hybridized carbons (Fsp3) is 0.308. The summed E-state index contributed by atoms with van der Waals surface area (Å²) in [7, 11) is 0. The van der Waals surface area contributed by atoms with E-state index in [2.05, 4.69) is 10.3 Å². The molecule has 0 spiro atoms. The van der Waals surface area contributed by atoms with Gasteiger partial charge in [-0.2, -0.15) is 0 Å². The number of ether oxygens (including phenoxy) is 1. The number of aromatic nitrogens is 1. The van der Waals surface area contributed by atoms with E-state index in [0.29, 0.717) is 25.4 Å². The van der Waals surface area contributed by atoms with E-state index >= 15 is 0 Å². The number of esters is 1. The van der Waals surface area contributed by atoms with Gasteiger partial charge in [0, 0.05) is 24.5 Å². The maximum absolute atomic E-state index is 13.3. The molecule has 2 N–H and O–H groups in total. The van der Waals surface area contributed by atoms with Crippen LogP contribution in [0.5, 0.6) is 0 Å². The average Bonchev–Trinajstić information content (AvgIpc) is 3.03. The Hall–Kier alpha value is -3.54. The van der Waals surface area contributed by atoms with Crippen LogP contribution in [0.15, 0.2) is 48.5 Å². The molecule has 0 bridgehead atoms. The Morgan fingerprint density at radius 3 is 2.34 bits per heavy atom. The van der Waals surface area contributed by atoms with Gasteiger partial charge in [-0.1, -0.05) is 42.0 Å². The van der Waals surface area contributed by atoms with Gasteiger partial charge in [0.15, 0.2) is 0 Å². The lowest BCUT2D eigenvalue weighted by molar-refractivity contribution is 0.0519. The molecular formula is C26H31N3O3. The standard InChI is InChI=1S/C26H31N3O3/c1-6-32-25(30)24-19(4)23(20(5)27-24)16-29(15-21-12-10-17(2)11-13-21)26(31)28-22-9-7-8-18(3)14-22/h7-14,27H,6,15-16H2,1-5H3,(H,28,31). The molecule has 0 aliphatic rings. The number of hydrogen-bond donors (Lipinski definition) is 2. The monoisotopic (exact) mass is 433 g/mol. The van der Waals surface area contributed by atoms with Gasteiger partial charge in [-0.25, -0.2) is 9.59 Å². The highest BCUT2D eigenvalue weighted by Gasteiger charge is 2.22. The first kappa shape index (κ1) is 23.1. The second-order valence-electron chi connectivity index (χ2n) is 8.09. The Morgan fingerprint density at radius 2 is 1.69 bits per heavy atom. The third-order valence-corrected chi connectivity index (χ3v) is 5.47. The van der Waals surface area contributed by atoms with Crippen LogP contribution in [-0.2, 0) is 17.8 Å². The average molecular weight is 434 g/mol. The third-order valence-electron chi connectivity index (χ3n) is 5.47. The number of H-pyrrole nitrogens is 1. The fourth-order valence-corrected chi connectivity index (χ4v) is 3.66. The number of aryl methyl sites for hydroxylation is 3. The van der Waals surface area contributed by atoms with Gasteiger partial charge in [0.2, 0.25) is 0 Å². The molecule has 2 amide bonds. The third kappa shape index (κ3) is 5.58.